The molecule has 0 radical (unpaired) electrons. The Bertz CT molecular complexity index is 829. The van der Waals surface area contributed by atoms with Crippen LogP contribution in [0, 0.1) is 20.2 Å². The number of hydrogen-bond acceptors (Lipinski definition) is 4. The summed E-state index contributed by atoms with van der Waals surface area (Å²) in [5.74, 6) is 0. The molecule has 0 bridgehead atoms. The molecular weight excluding hydrogens is 308 g/mol. The topological polar surface area (TPSA) is 86.3 Å². The summed E-state index contributed by atoms with van der Waals surface area (Å²) in [5.41, 5.74) is 1.06. The number of nitrogens with zero attached hydrogens (tertiary/aromatic N) is 2. The quantitative estimate of drug-likeness (QED) is 0.633. The highest BCUT2D eigenvalue weighted by Gasteiger charge is 2.61. The van der Waals surface area contributed by atoms with Gasteiger partial charge in [-0.25, -0.2) is 0 Å². The molecule has 2 aromatic rings. The summed E-state index contributed by atoms with van der Waals surface area (Å²) in [4.78, 5) is 22.1. The summed E-state index contributed by atoms with van der Waals surface area (Å²) in [6, 6.07) is 12.8. The van der Waals surface area contributed by atoms with E-state index in [0.29, 0.717) is 5.56 Å². The molecule has 124 valence electrons. The second-order valence-corrected chi connectivity index (χ2v) is 6.96. The van der Waals surface area contributed by atoms with Crippen molar-refractivity contribution in [3.8, 4) is 0 Å². The number of benzene rings is 2. The van der Waals surface area contributed by atoms with Crippen molar-refractivity contribution in [2.45, 2.75) is 37.6 Å². The minimum atomic E-state index is -0.858. The van der Waals surface area contributed by atoms with E-state index in [0.717, 1.165) is 11.1 Å². The maximum absolute atomic E-state index is 11.9. The zero-order valence-electron chi connectivity index (χ0n) is 13.7. The predicted octanol–water partition coefficient (Wildman–Crippen LogP) is 3.84. The van der Waals surface area contributed by atoms with Gasteiger partial charge in [0.2, 0.25) is 6.04 Å². The highest BCUT2D eigenvalue weighted by atomic mass is 16.6. The second-order valence-electron chi connectivity index (χ2n) is 6.96. The summed E-state index contributed by atoms with van der Waals surface area (Å²) in [7, 11) is 0. The largest absolute Gasteiger partial charge is 0.269 e. The molecule has 0 saturated carbocycles. The lowest BCUT2D eigenvalue weighted by molar-refractivity contribution is -0.541. The van der Waals surface area contributed by atoms with Gasteiger partial charge in [0.1, 0.15) is 0 Å². The van der Waals surface area contributed by atoms with Crippen LogP contribution in [0.25, 0.3) is 0 Å². The van der Waals surface area contributed by atoms with E-state index in [1.807, 2.05) is 45.0 Å². The van der Waals surface area contributed by atoms with Crippen LogP contribution >= 0.6 is 0 Å². The van der Waals surface area contributed by atoms with Crippen molar-refractivity contribution in [3.05, 3.63) is 85.4 Å². The Kier molecular flexibility index (Phi) is 3.44. The maximum Gasteiger partial charge on any atom is 0.269 e. The summed E-state index contributed by atoms with van der Waals surface area (Å²) in [6.07, 6.45) is 0. The van der Waals surface area contributed by atoms with Crippen molar-refractivity contribution in [1.82, 2.24) is 0 Å². The summed E-state index contributed by atoms with van der Waals surface area (Å²) in [6.45, 7) is 5.63. The SMILES string of the molecule is CC1(C)c2ccccc2C(C)(c2ccc([N+](=O)[O-])cc2)C1[N+](=O)[O-]. The molecule has 0 aromatic heterocycles. The molecule has 0 heterocycles. The first-order valence-corrected chi connectivity index (χ1v) is 7.69. The fourth-order valence-electron chi connectivity index (χ4n) is 4.23. The van der Waals surface area contributed by atoms with Crippen LogP contribution < -0.4 is 0 Å². The van der Waals surface area contributed by atoms with Gasteiger partial charge in [-0.3, -0.25) is 20.2 Å². The molecule has 6 nitrogen and oxygen atoms in total. The molecule has 2 unspecified atom stereocenters. The van der Waals surface area contributed by atoms with Gasteiger partial charge in [0, 0.05) is 17.1 Å². The van der Waals surface area contributed by atoms with Crippen LogP contribution in [0.1, 0.15) is 37.5 Å². The Morgan fingerprint density at radius 3 is 1.92 bits per heavy atom. The van der Waals surface area contributed by atoms with Gasteiger partial charge in [0.15, 0.2) is 0 Å². The van der Waals surface area contributed by atoms with Gasteiger partial charge in [-0.05, 0) is 37.5 Å². The van der Waals surface area contributed by atoms with Crippen LogP contribution in [0.5, 0.6) is 0 Å². The van der Waals surface area contributed by atoms with E-state index in [1.165, 1.54) is 12.1 Å². The predicted molar refractivity (Wildman–Crippen MR) is 89.8 cm³/mol. The van der Waals surface area contributed by atoms with Crippen molar-refractivity contribution in [2.24, 2.45) is 0 Å². The molecule has 1 aliphatic carbocycles. The van der Waals surface area contributed by atoms with Gasteiger partial charge in [-0.15, -0.1) is 0 Å². The third-order valence-electron chi connectivity index (χ3n) is 5.30. The Labute approximate surface area is 139 Å². The minimum Gasteiger partial charge on any atom is -0.264 e. The van der Waals surface area contributed by atoms with Crippen LogP contribution in [-0.2, 0) is 10.8 Å². The number of rotatable bonds is 3. The average Bonchev–Trinajstić information content (AvgIpc) is 2.72. The lowest BCUT2D eigenvalue weighted by atomic mass is 9.71. The number of fused-ring (bicyclic) bond motifs is 1. The molecule has 0 N–H and O–H groups in total. The van der Waals surface area contributed by atoms with Gasteiger partial charge in [-0.2, -0.15) is 0 Å². The summed E-state index contributed by atoms with van der Waals surface area (Å²) < 4.78 is 0. The molecule has 6 heteroatoms. The van der Waals surface area contributed by atoms with Crippen molar-refractivity contribution >= 4 is 5.69 Å². The van der Waals surface area contributed by atoms with Crippen molar-refractivity contribution in [3.63, 3.8) is 0 Å². The molecule has 0 fully saturated rings. The highest BCUT2D eigenvalue weighted by Crippen LogP contribution is 2.53. The van der Waals surface area contributed by atoms with Crippen LogP contribution in [-0.4, -0.2) is 15.9 Å². The smallest absolute Gasteiger partial charge is 0.264 e. The van der Waals surface area contributed by atoms with Gasteiger partial charge in [0.25, 0.3) is 5.69 Å². The minimum absolute atomic E-state index is 0.0226. The number of non-ortho nitro benzene ring substituents is 1. The molecule has 1 aliphatic rings. The summed E-state index contributed by atoms with van der Waals surface area (Å²) in [5, 5.41) is 22.8. The molecule has 2 atom stereocenters. The number of nitro groups is 2. The summed E-state index contributed by atoms with van der Waals surface area (Å²) >= 11 is 0. The molecule has 3 rings (SSSR count). The van der Waals surface area contributed by atoms with Crippen LogP contribution in [0.4, 0.5) is 5.69 Å². The first kappa shape index (κ1) is 16.1. The van der Waals surface area contributed by atoms with Crippen molar-refractivity contribution in [2.75, 3.05) is 0 Å². The lowest BCUT2D eigenvalue weighted by Crippen LogP contribution is -2.47. The third kappa shape index (κ3) is 2.02. The zero-order chi connectivity index (χ0) is 17.7. The van der Waals surface area contributed by atoms with E-state index >= 15 is 0 Å². The second kappa shape index (κ2) is 5.12. The maximum atomic E-state index is 11.9. The first-order chi connectivity index (χ1) is 11.2. The normalized spacial score (nSPS) is 24.4. The zero-order valence-corrected chi connectivity index (χ0v) is 13.7. The van der Waals surface area contributed by atoms with E-state index in [-0.39, 0.29) is 10.6 Å². The Morgan fingerprint density at radius 2 is 1.42 bits per heavy atom. The van der Waals surface area contributed by atoms with Gasteiger partial charge in [-0.1, -0.05) is 36.4 Å². The van der Waals surface area contributed by atoms with Crippen LogP contribution in [0.2, 0.25) is 0 Å². The van der Waals surface area contributed by atoms with E-state index in [2.05, 4.69) is 0 Å². The number of nitro benzene ring substituents is 1. The van der Waals surface area contributed by atoms with Crippen molar-refractivity contribution < 1.29 is 9.85 Å². The fraction of sp³-hybridized carbons (Fsp3) is 0.333. The number of hydrogen-bond donors (Lipinski definition) is 0. The lowest BCUT2D eigenvalue weighted by Gasteiger charge is -2.32. The third-order valence-corrected chi connectivity index (χ3v) is 5.30. The van der Waals surface area contributed by atoms with Crippen LogP contribution in [0.15, 0.2) is 48.5 Å². The van der Waals surface area contributed by atoms with Gasteiger partial charge in [0.05, 0.1) is 15.8 Å². The Balaban J connectivity index is 2.26. The molecule has 2 aromatic carbocycles. The van der Waals surface area contributed by atoms with E-state index in [4.69, 9.17) is 0 Å². The van der Waals surface area contributed by atoms with E-state index in [9.17, 15) is 20.2 Å². The molecule has 0 aliphatic heterocycles. The monoisotopic (exact) mass is 326 g/mol. The van der Waals surface area contributed by atoms with E-state index in [1.54, 1.807) is 12.1 Å². The Hall–Kier alpha value is -2.76. The van der Waals surface area contributed by atoms with E-state index < -0.39 is 21.8 Å². The molecular formula is C18H18N2O4. The molecule has 0 amide bonds. The standard InChI is InChI=1S/C18H18N2O4/c1-17(2)14-6-4-5-7-15(14)18(3,16(17)20(23)24)12-8-10-13(11-9-12)19(21)22/h4-11,16H,1-3H3. The van der Waals surface area contributed by atoms with Crippen LogP contribution in [0.3, 0.4) is 0 Å². The van der Waals surface area contributed by atoms with Crippen molar-refractivity contribution in [1.29, 1.82) is 0 Å². The Morgan fingerprint density at radius 1 is 0.875 bits per heavy atom. The molecule has 24 heavy (non-hydrogen) atoms. The molecule has 0 spiro atoms. The highest BCUT2D eigenvalue weighted by molar-refractivity contribution is 5.55. The average molecular weight is 326 g/mol. The first-order valence-electron chi connectivity index (χ1n) is 7.69. The molecule has 0 saturated heterocycles. The van der Waals surface area contributed by atoms with Gasteiger partial charge >= 0.3 is 0 Å². The fourth-order valence-corrected chi connectivity index (χ4v) is 4.23. The van der Waals surface area contributed by atoms with Gasteiger partial charge < -0.3 is 0 Å².